The smallest absolute Gasteiger partial charge is 0.173 e. The SMILES string of the molecule is COc1cc(C=O)c(CN(C)CCc2ccc(F)cc2)c(ON=O)c1CCCO. The van der Waals surface area contributed by atoms with Gasteiger partial charge < -0.3 is 19.6 Å². The van der Waals surface area contributed by atoms with Crippen molar-refractivity contribution in [3.05, 3.63) is 63.3 Å². The molecule has 29 heavy (non-hydrogen) atoms. The third-order valence-corrected chi connectivity index (χ3v) is 4.66. The number of ether oxygens (including phenoxy) is 1. The molecule has 2 rings (SSSR count). The van der Waals surface area contributed by atoms with Crippen LogP contribution in [0.1, 0.15) is 33.5 Å². The number of aliphatic hydroxyl groups excluding tert-OH is 1. The number of benzene rings is 2. The fraction of sp³-hybridized carbons (Fsp3) is 0.381. The maximum atomic E-state index is 13.0. The van der Waals surface area contributed by atoms with E-state index in [1.165, 1.54) is 19.2 Å². The van der Waals surface area contributed by atoms with E-state index in [0.717, 1.165) is 5.56 Å². The van der Waals surface area contributed by atoms with Crippen LogP contribution < -0.4 is 9.57 Å². The molecule has 0 radical (unpaired) electrons. The number of hydrogen-bond donors (Lipinski definition) is 1. The molecule has 156 valence electrons. The van der Waals surface area contributed by atoms with Crippen LogP contribution >= 0.6 is 0 Å². The fourth-order valence-corrected chi connectivity index (χ4v) is 3.15. The van der Waals surface area contributed by atoms with E-state index in [1.54, 1.807) is 18.2 Å². The van der Waals surface area contributed by atoms with Crippen molar-refractivity contribution in [1.29, 1.82) is 0 Å². The number of likely N-dealkylation sites (N-methyl/N-ethyl adjacent to an activating group) is 1. The average molecular weight is 404 g/mol. The van der Waals surface area contributed by atoms with Gasteiger partial charge in [0.1, 0.15) is 11.6 Å². The summed E-state index contributed by atoms with van der Waals surface area (Å²) in [5.74, 6) is 0.301. The molecule has 8 heteroatoms. The van der Waals surface area contributed by atoms with E-state index in [9.17, 15) is 14.1 Å². The predicted molar refractivity (Wildman–Crippen MR) is 107 cm³/mol. The third-order valence-electron chi connectivity index (χ3n) is 4.66. The molecule has 7 nitrogen and oxygen atoms in total. The summed E-state index contributed by atoms with van der Waals surface area (Å²) in [5, 5.41) is 11.7. The van der Waals surface area contributed by atoms with Crippen LogP contribution in [0.3, 0.4) is 0 Å². The monoisotopic (exact) mass is 404 g/mol. The van der Waals surface area contributed by atoms with Gasteiger partial charge in [0.2, 0.25) is 0 Å². The standard InChI is InChI=1S/C21H25FN2O5/c1-24(10-9-15-5-7-17(22)8-6-15)13-19-16(14-26)12-20(28-2)18(4-3-11-25)21(19)29-23-27/h5-8,12,14,25H,3-4,9-11,13H2,1-2H3. The maximum absolute atomic E-state index is 13.0. The van der Waals surface area contributed by atoms with Crippen molar-refractivity contribution in [2.75, 3.05) is 27.3 Å². The lowest BCUT2D eigenvalue weighted by Gasteiger charge is -2.22. The lowest BCUT2D eigenvalue weighted by Crippen LogP contribution is -2.22. The summed E-state index contributed by atoms with van der Waals surface area (Å²) >= 11 is 0. The normalized spacial score (nSPS) is 10.8. The lowest BCUT2D eigenvalue weighted by atomic mass is 9.98. The fourth-order valence-electron chi connectivity index (χ4n) is 3.15. The summed E-state index contributed by atoms with van der Waals surface area (Å²) in [4.78, 5) is 29.5. The van der Waals surface area contributed by atoms with Crippen molar-refractivity contribution >= 4 is 6.29 Å². The highest BCUT2D eigenvalue weighted by atomic mass is 19.1. The average Bonchev–Trinajstić information content (AvgIpc) is 2.73. The van der Waals surface area contributed by atoms with Crippen LogP contribution in [0.4, 0.5) is 4.39 Å². The second-order valence-electron chi connectivity index (χ2n) is 6.68. The summed E-state index contributed by atoms with van der Waals surface area (Å²) < 4.78 is 18.4. The number of rotatable bonds is 12. The maximum Gasteiger partial charge on any atom is 0.173 e. The number of methoxy groups -OCH3 is 1. The van der Waals surface area contributed by atoms with Gasteiger partial charge >= 0.3 is 0 Å². The van der Waals surface area contributed by atoms with E-state index in [2.05, 4.69) is 5.34 Å². The molecule has 2 aromatic rings. The Labute approximate surface area is 169 Å². The number of hydrogen-bond acceptors (Lipinski definition) is 7. The van der Waals surface area contributed by atoms with Crippen LogP contribution in [0.25, 0.3) is 0 Å². The van der Waals surface area contributed by atoms with Gasteiger partial charge in [-0.15, -0.1) is 4.91 Å². The Morgan fingerprint density at radius 3 is 2.52 bits per heavy atom. The van der Waals surface area contributed by atoms with Gasteiger partial charge in [0, 0.05) is 36.4 Å². The van der Waals surface area contributed by atoms with Gasteiger partial charge in [0.25, 0.3) is 0 Å². The van der Waals surface area contributed by atoms with Gasteiger partial charge in [0.05, 0.1) is 7.11 Å². The number of aliphatic hydroxyl groups is 1. The Hall–Kier alpha value is -2.84. The molecule has 0 fully saturated rings. The van der Waals surface area contributed by atoms with Gasteiger partial charge in [-0.05, 0) is 50.1 Å². The highest BCUT2D eigenvalue weighted by Gasteiger charge is 2.22. The Morgan fingerprint density at radius 1 is 1.21 bits per heavy atom. The second-order valence-corrected chi connectivity index (χ2v) is 6.68. The first-order valence-corrected chi connectivity index (χ1v) is 9.25. The molecule has 0 unspecified atom stereocenters. The largest absolute Gasteiger partial charge is 0.496 e. The topological polar surface area (TPSA) is 88.4 Å². The highest BCUT2D eigenvalue weighted by molar-refractivity contribution is 5.81. The zero-order valence-corrected chi connectivity index (χ0v) is 16.6. The van der Waals surface area contributed by atoms with Crippen molar-refractivity contribution in [3.8, 4) is 11.5 Å². The van der Waals surface area contributed by atoms with Crippen LogP contribution in [-0.4, -0.2) is 43.6 Å². The van der Waals surface area contributed by atoms with Crippen LogP contribution in [0.2, 0.25) is 0 Å². The van der Waals surface area contributed by atoms with Gasteiger partial charge in [-0.1, -0.05) is 12.1 Å². The molecule has 0 aliphatic carbocycles. The molecular formula is C21H25FN2O5. The Morgan fingerprint density at radius 2 is 1.93 bits per heavy atom. The summed E-state index contributed by atoms with van der Waals surface area (Å²) in [6, 6.07) is 7.88. The number of carbonyl (C=O) groups is 1. The summed E-state index contributed by atoms with van der Waals surface area (Å²) in [6.45, 7) is 0.922. The van der Waals surface area contributed by atoms with E-state index in [-0.39, 0.29) is 18.2 Å². The van der Waals surface area contributed by atoms with Crippen LogP contribution in [0.5, 0.6) is 11.5 Å². The minimum absolute atomic E-state index is 0.0422. The van der Waals surface area contributed by atoms with Gasteiger partial charge in [-0.3, -0.25) is 4.79 Å². The number of halogens is 1. The Balaban J connectivity index is 2.29. The molecule has 0 saturated carbocycles. The first-order valence-electron chi connectivity index (χ1n) is 9.25. The summed E-state index contributed by atoms with van der Waals surface area (Å²) in [6.07, 6.45) is 2.20. The van der Waals surface area contributed by atoms with E-state index >= 15 is 0 Å². The van der Waals surface area contributed by atoms with Crippen LogP contribution in [0.15, 0.2) is 35.7 Å². The minimum Gasteiger partial charge on any atom is -0.496 e. The van der Waals surface area contributed by atoms with Crippen LogP contribution in [0, 0.1) is 10.7 Å². The first-order chi connectivity index (χ1) is 14.0. The van der Waals surface area contributed by atoms with Crippen molar-refractivity contribution < 1.29 is 23.9 Å². The Kier molecular flexibility index (Phi) is 8.69. The van der Waals surface area contributed by atoms with Gasteiger partial charge in [0.15, 0.2) is 17.4 Å². The van der Waals surface area contributed by atoms with Crippen molar-refractivity contribution in [2.24, 2.45) is 5.34 Å². The summed E-state index contributed by atoms with van der Waals surface area (Å²) in [7, 11) is 3.33. The molecule has 0 aliphatic rings. The molecule has 0 aromatic heterocycles. The molecule has 0 spiro atoms. The third kappa shape index (κ3) is 6.07. The minimum atomic E-state index is -0.283. The highest BCUT2D eigenvalue weighted by Crippen LogP contribution is 2.36. The van der Waals surface area contributed by atoms with Gasteiger partial charge in [-0.25, -0.2) is 4.39 Å². The van der Waals surface area contributed by atoms with E-state index in [0.29, 0.717) is 61.1 Å². The molecule has 0 atom stereocenters. The molecule has 0 saturated heterocycles. The molecular weight excluding hydrogens is 379 g/mol. The number of nitrogens with zero attached hydrogens (tertiary/aromatic N) is 2. The van der Waals surface area contributed by atoms with Crippen molar-refractivity contribution in [3.63, 3.8) is 0 Å². The first kappa shape index (κ1) is 22.4. The summed E-state index contributed by atoms with van der Waals surface area (Å²) in [5.41, 5.74) is 2.42. The van der Waals surface area contributed by atoms with Gasteiger partial charge in [-0.2, -0.15) is 0 Å². The number of aldehydes is 1. The molecule has 0 aliphatic heterocycles. The zero-order valence-electron chi connectivity index (χ0n) is 16.6. The number of carbonyl (C=O) groups excluding carboxylic acids is 1. The van der Waals surface area contributed by atoms with Crippen LogP contribution in [-0.2, 0) is 19.4 Å². The predicted octanol–water partition coefficient (Wildman–Crippen LogP) is 3.31. The zero-order chi connectivity index (χ0) is 21.2. The molecule has 0 heterocycles. The molecule has 0 amide bonds. The lowest BCUT2D eigenvalue weighted by molar-refractivity contribution is 0.112. The second kappa shape index (κ2) is 11.2. The van der Waals surface area contributed by atoms with Crippen molar-refractivity contribution in [2.45, 2.75) is 25.8 Å². The van der Waals surface area contributed by atoms with E-state index in [1.807, 2.05) is 11.9 Å². The van der Waals surface area contributed by atoms with E-state index < -0.39 is 0 Å². The molecule has 2 aromatic carbocycles. The quantitative estimate of drug-likeness (QED) is 0.332. The van der Waals surface area contributed by atoms with Crippen molar-refractivity contribution in [1.82, 2.24) is 4.90 Å². The molecule has 0 bridgehead atoms. The molecule has 1 N–H and O–H groups in total. The Bertz CT molecular complexity index is 827. The van der Waals surface area contributed by atoms with E-state index in [4.69, 9.17) is 14.7 Å².